The standard InChI is InChI=1S/C21H24ClNO6S/c1-6-27-20(25)16-12(4)17(21(26)28-7-2)30-19(16)23-18(24)13(5)29-14-8-9-15(22)11(3)10-14/h8-10,13H,6-7H2,1-5H3,(H,23,24)/t13-/m1/s1. The quantitative estimate of drug-likeness (QED) is 0.578. The van der Waals surface area contributed by atoms with Gasteiger partial charge in [0.1, 0.15) is 15.6 Å². The summed E-state index contributed by atoms with van der Waals surface area (Å²) in [6.45, 7) is 8.74. The molecular weight excluding hydrogens is 430 g/mol. The van der Waals surface area contributed by atoms with Gasteiger partial charge in [-0.2, -0.15) is 0 Å². The third-order valence-corrected chi connectivity index (χ3v) is 5.75. The molecule has 0 aliphatic rings. The SMILES string of the molecule is CCOC(=O)c1sc(NC(=O)[C@@H](C)Oc2ccc(Cl)c(C)c2)c(C(=O)OCC)c1C. The minimum absolute atomic E-state index is 0.132. The predicted molar refractivity (Wildman–Crippen MR) is 116 cm³/mol. The Labute approximate surface area is 184 Å². The van der Waals surface area contributed by atoms with Crippen molar-refractivity contribution in [2.24, 2.45) is 0 Å². The second-order valence-corrected chi connectivity index (χ2v) is 7.79. The molecule has 1 aromatic carbocycles. The van der Waals surface area contributed by atoms with Crippen molar-refractivity contribution in [3.8, 4) is 5.75 Å². The summed E-state index contributed by atoms with van der Waals surface area (Å²) in [7, 11) is 0. The normalized spacial score (nSPS) is 11.5. The molecule has 162 valence electrons. The molecule has 30 heavy (non-hydrogen) atoms. The second-order valence-electron chi connectivity index (χ2n) is 6.36. The van der Waals surface area contributed by atoms with Crippen LogP contribution in [0.3, 0.4) is 0 Å². The van der Waals surface area contributed by atoms with Crippen LogP contribution in [0.25, 0.3) is 0 Å². The summed E-state index contributed by atoms with van der Waals surface area (Å²) < 4.78 is 15.8. The van der Waals surface area contributed by atoms with E-state index in [2.05, 4.69) is 5.32 Å². The van der Waals surface area contributed by atoms with Gasteiger partial charge in [0.05, 0.1) is 18.8 Å². The number of nitrogens with one attached hydrogen (secondary N) is 1. The van der Waals surface area contributed by atoms with Crippen LogP contribution in [0.2, 0.25) is 5.02 Å². The van der Waals surface area contributed by atoms with Gasteiger partial charge >= 0.3 is 11.9 Å². The molecule has 1 amide bonds. The number of amides is 1. The van der Waals surface area contributed by atoms with E-state index in [-0.39, 0.29) is 28.7 Å². The van der Waals surface area contributed by atoms with E-state index in [9.17, 15) is 14.4 Å². The van der Waals surface area contributed by atoms with E-state index in [0.29, 0.717) is 16.3 Å². The summed E-state index contributed by atoms with van der Waals surface area (Å²) in [6, 6.07) is 5.07. The van der Waals surface area contributed by atoms with Crippen molar-refractivity contribution >= 4 is 45.8 Å². The van der Waals surface area contributed by atoms with E-state index >= 15 is 0 Å². The molecule has 0 saturated carbocycles. The number of hydrogen-bond acceptors (Lipinski definition) is 7. The van der Waals surface area contributed by atoms with Gasteiger partial charge in [-0.1, -0.05) is 11.6 Å². The van der Waals surface area contributed by atoms with Crippen LogP contribution in [-0.2, 0) is 14.3 Å². The van der Waals surface area contributed by atoms with Crippen LogP contribution in [-0.4, -0.2) is 37.2 Å². The highest BCUT2D eigenvalue weighted by Crippen LogP contribution is 2.34. The highest BCUT2D eigenvalue weighted by molar-refractivity contribution is 7.18. The predicted octanol–water partition coefficient (Wildman–Crippen LogP) is 4.78. The van der Waals surface area contributed by atoms with E-state index in [4.69, 9.17) is 25.8 Å². The minimum Gasteiger partial charge on any atom is -0.481 e. The van der Waals surface area contributed by atoms with Crippen LogP contribution in [0.5, 0.6) is 5.75 Å². The molecule has 0 fully saturated rings. The largest absolute Gasteiger partial charge is 0.481 e. The number of carbonyl (C=O) groups excluding carboxylic acids is 3. The Morgan fingerprint density at radius 2 is 1.73 bits per heavy atom. The van der Waals surface area contributed by atoms with Crippen LogP contribution >= 0.6 is 22.9 Å². The van der Waals surface area contributed by atoms with Gasteiger partial charge in [-0.15, -0.1) is 11.3 Å². The third kappa shape index (κ3) is 5.52. The molecule has 0 unspecified atom stereocenters. The van der Waals surface area contributed by atoms with Crippen molar-refractivity contribution in [3.05, 3.63) is 44.8 Å². The Hall–Kier alpha value is -2.58. The summed E-state index contributed by atoms with van der Waals surface area (Å²) >= 11 is 6.97. The minimum atomic E-state index is -0.867. The number of hydrogen-bond donors (Lipinski definition) is 1. The molecule has 0 spiro atoms. The molecule has 0 bridgehead atoms. The van der Waals surface area contributed by atoms with Gasteiger partial charge in [-0.3, -0.25) is 4.79 Å². The van der Waals surface area contributed by atoms with E-state index in [0.717, 1.165) is 16.9 Å². The summed E-state index contributed by atoms with van der Waals surface area (Å²) in [5, 5.41) is 3.48. The number of benzene rings is 1. The Morgan fingerprint density at radius 3 is 2.33 bits per heavy atom. The van der Waals surface area contributed by atoms with Gasteiger partial charge < -0.3 is 19.5 Å². The molecule has 1 N–H and O–H groups in total. The molecule has 0 aliphatic carbocycles. The highest BCUT2D eigenvalue weighted by Gasteiger charge is 2.28. The van der Waals surface area contributed by atoms with Gasteiger partial charge in [0, 0.05) is 5.02 Å². The maximum Gasteiger partial charge on any atom is 0.348 e. The zero-order valence-corrected chi connectivity index (χ0v) is 19.0. The van der Waals surface area contributed by atoms with Crippen LogP contribution in [0.1, 0.15) is 51.9 Å². The second kappa shape index (κ2) is 10.4. The number of anilines is 1. The lowest BCUT2D eigenvalue weighted by Crippen LogP contribution is -2.30. The summed E-state index contributed by atoms with van der Waals surface area (Å²) in [5.41, 5.74) is 1.35. The lowest BCUT2D eigenvalue weighted by Gasteiger charge is -2.15. The Balaban J connectivity index is 2.26. The molecule has 2 aromatic rings. The fourth-order valence-corrected chi connectivity index (χ4v) is 3.81. The molecule has 7 nitrogen and oxygen atoms in total. The van der Waals surface area contributed by atoms with Crippen molar-refractivity contribution in [2.45, 2.75) is 40.7 Å². The summed E-state index contributed by atoms with van der Waals surface area (Å²) in [5.74, 6) is -1.18. The van der Waals surface area contributed by atoms with Crippen LogP contribution in [0.15, 0.2) is 18.2 Å². The lowest BCUT2D eigenvalue weighted by atomic mass is 10.1. The zero-order valence-electron chi connectivity index (χ0n) is 17.5. The average Bonchev–Trinajstić information content (AvgIpc) is 3.01. The first-order valence-electron chi connectivity index (χ1n) is 9.40. The summed E-state index contributed by atoms with van der Waals surface area (Å²) in [6.07, 6.45) is -0.867. The van der Waals surface area contributed by atoms with Crippen molar-refractivity contribution in [1.29, 1.82) is 0 Å². The van der Waals surface area contributed by atoms with Gasteiger partial charge in [-0.25, -0.2) is 9.59 Å². The van der Waals surface area contributed by atoms with Gasteiger partial charge in [0.2, 0.25) is 0 Å². The zero-order chi connectivity index (χ0) is 22.4. The van der Waals surface area contributed by atoms with Crippen LogP contribution < -0.4 is 10.1 Å². The number of thiophene rings is 1. The average molecular weight is 454 g/mol. The smallest absolute Gasteiger partial charge is 0.348 e. The Kier molecular flexibility index (Phi) is 8.25. The molecule has 9 heteroatoms. The van der Waals surface area contributed by atoms with Gasteiger partial charge in [0.25, 0.3) is 5.91 Å². The Morgan fingerprint density at radius 1 is 1.10 bits per heavy atom. The molecule has 1 atom stereocenters. The number of rotatable bonds is 8. The first-order chi connectivity index (χ1) is 14.2. The van der Waals surface area contributed by atoms with E-state index in [1.54, 1.807) is 45.9 Å². The van der Waals surface area contributed by atoms with Crippen molar-refractivity contribution in [1.82, 2.24) is 0 Å². The molecule has 0 aliphatic heterocycles. The molecule has 1 heterocycles. The first-order valence-corrected chi connectivity index (χ1v) is 10.6. The first kappa shape index (κ1) is 23.7. The fraction of sp³-hybridized carbons (Fsp3) is 0.381. The number of carbonyl (C=O) groups is 3. The number of ether oxygens (including phenoxy) is 3. The molecular formula is C21H24ClNO6S. The third-order valence-electron chi connectivity index (χ3n) is 4.14. The number of aryl methyl sites for hydroxylation is 1. The monoisotopic (exact) mass is 453 g/mol. The summed E-state index contributed by atoms with van der Waals surface area (Å²) in [4.78, 5) is 37.6. The Bertz CT molecular complexity index is 955. The van der Waals surface area contributed by atoms with E-state index in [1.165, 1.54) is 0 Å². The van der Waals surface area contributed by atoms with Crippen LogP contribution in [0.4, 0.5) is 5.00 Å². The number of esters is 2. The maximum atomic E-state index is 12.7. The van der Waals surface area contributed by atoms with Crippen molar-refractivity contribution in [2.75, 3.05) is 18.5 Å². The highest BCUT2D eigenvalue weighted by atomic mass is 35.5. The molecule has 0 saturated heterocycles. The lowest BCUT2D eigenvalue weighted by molar-refractivity contribution is -0.122. The molecule has 2 rings (SSSR count). The maximum absolute atomic E-state index is 12.7. The number of halogens is 1. The molecule has 0 radical (unpaired) electrons. The fourth-order valence-electron chi connectivity index (χ4n) is 2.60. The van der Waals surface area contributed by atoms with Gasteiger partial charge in [-0.05, 0) is 63.9 Å². The van der Waals surface area contributed by atoms with Crippen molar-refractivity contribution in [3.63, 3.8) is 0 Å². The van der Waals surface area contributed by atoms with Crippen LogP contribution in [0, 0.1) is 13.8 Å². The van der Waals surface area contributed by atoms with Crippen molar-refractivity contribution < 1.29 is 28.6 Å². The molecule has 1 aromatic heterocycles. The van der Waals surface area contributed by atoms with E-state index in [1.807, 2.05) is 6.92 Å². The van der Waals surface area contributed by atoms with E-state index < -0.39 is 23.9 Å². The van der Waals surface area contributed by atoms with Gasteiger partial charge in [0.15, 0.2) is 6.10 Å². The topological polar surface area (TPSA) is 90.9 Å².